The van der Waals surface area contributed by atoms with E-state index in [0.717, 1.165) is 16.7 Å². The number of hydrogen-bond acceptors (Lipinski definition) is 3. The summed E-state index contributed by atoms with van der Waals surface area (Å²) in [4.78, 5) is 31.3. The van der Waals surface area contributed by atoms with Crippen molar-refractivity contribution in [3.8, 4) is 0 Å². The molecule has 0 radical (unpaired) electrons. The first-order valence-corrected chi connectivity index (χ1v) is 10.0. The van der Waals surface area contributed by atoms with Gasteiger partial charge in [0.2, 0.25) is 11.8 Å². The maximum absolute atomic E-state index is 13.5. The van der Waals surface area contributed by atoms with Crippen molar-refractivity contribution in [1.82, 2.24) is 19.8 Å². The van der Waals surface area contributed by atoms with Crippen molar-refractivity contribution in [2.75, 3.05) is 0 Å². The van der Waals surface area contributed by atoms with Crippen LogP contribution in [0, 0.1) is 5.82 Å². The highest BCUT2D eigenvalue weighted by Gasteiger charge is 2.30. The topological polar surface area (TPSA) is 67.2 Å². The zero-order valence-electron chi connectivity index (χ0n) is 17.3. The molecule has 0 aliphatic carbocycles. The first kappa shape index (κ1) is 20.5. The van der Waals surface area contributed by atoms with Gasteiger partial charge in [0.1, 0.15) is 17.7 Å². The van der Waals surface area contributed by atoms with Crippen LogP contribution in [0.15, 0.2) is 67.1 Å². The van der Waals surface area contributed by atoms with Gasteiger partial charge in [0.15, 0.2) is 0 Å². The predicted molar refractivity (Wildman–Crippen MR) is 115 cm³/mol. The van der Waals surface area contributed by atoms with Gasteiger partial charge in [-0.2, -0.15) is 0 Å². The van der Waals surface area contributed by atoms with E-state index in [1.54, 1.807) is 35.6 Å². The molecule has 31 heavy (non-hydrogen) atoms. The minimum absolute atomic E-state index is 0.0864. The molecule has 2 unspecified atom stereocenters. The smallest absolute Gasteiger partial charge is 0.223 e. The largest absolute Gasteiger partial charge is 0.342 e. The molecule has 1 aliphatic rings. The molecule has 2 atom stereocenters. The van der Waals surface area contributed by atoms with Crippen LogP contribution in [0.4, 0.5) is 4.39 Å². The average Bonchev–Trinajstić information content (AvgIpc) is 3.18. The van der Waals surface area contributed by atoms with E-state index in [9.17, 15) is 14.0 Å². The number of fused-ring (bicyclic) bond motifs is 1. The molecule has 2 heterocycles. The summed E-state index contributed by atoms with van der Waals surface area (Å²) in [5.74, 6) is -0.0925. The Balaban J connectivity index is 1.61. The standard InChI is InChI=1S/C24H23FN4O2/c1-16(30)29-13-11-17-5-3-4-6-20(17)21(29)15-22(31)27-23(24-26-12-14-28(24)2)18-7-9-19(25)10-8-18/h3-14,21,23H,15H2,1-2H3,(H,27,31). The lowest BCUT2D eigenvalue weighted by molar-refractivity contribution is -0.130. The number of aromatic nitrogens is 2. The molecule has 4 rings (SSSR count). The van der Waals surface area contributed by atoms with Crippen LogP contribution in [-0.4, -0.2) is 26.3 Å². The number of nitrogens with zero attached hydrogens (tertiary/aromatic N) is 3. The van der Waals surface area contributed by atoms with Crippen LogP contribution in [0.5, 0.6) is 0 Å². The molecular formula is C24H23FN4O2. The quantitative estimate of drug-likeness (QED) is 0.687. The van der Waals surface area contributed by atoms with Crippen molar-refractivity contribution >= 4 is 17.9 Å². The number of nitrogens with one attached hydrogen (secondary N) is 1. The second-order valence-corrected chi connectivity index (χ2v) is 7.54. The van der Waals surface area contributed by atoms with Gasteiger partial charge >= 0.3 is 0 Å². The number of rotatable bonds is 5. The summed E-state index contributed by atoms with van der Waals surface area (Å²) in [6.07, 6.45) is 7.12. The molecule has 2 aromatic carbocycles. The molecule has 7 heteroatoms. The first-order valence-electron chi connectivity index (χ1n) is 10.0. The summed E-state index contributed by atoms with van der Waals surface area (Å²) in [6, 6.07) is 12.7. The fourth-order valence-electron chi connectivity index (χ4n) is 3.92. The van der Waals surface area contributed by atoms with Gasteiger partial charge in [0, 0.05) is 32.6 Å². The van der Waals surface area contributed by atoms with Gasteiger partial charge in [0.25, 0.3) is 0 Å². The number of halogens is 1. The van der Waals surface area contributed by atoms with Crippen molar-refractivity contribution in [2.24, 2.45) is 7.05 Å². The number of carbonyl (C=O) groups is 2. The lowest BCUT2D eigenvalue weighted by Gasteiger charge is -2.32. The van der Waals surface area contributed by atoms with Crippen molar-refractivity contribution in [3.05, 3.63) is 95.5 Å². The summed E-state index contributed by atoms with van der Waals surface area (Å²) in [7, 11) is 1.84. The summed E-state index contributed by atoms with van der Waals surface area (Å²) < 4.78 is 15.3. The zero-order chi connectivity index (χ0) is 22.0. The van der Waals surface area contributed by atoms with E-state index in [4.69, 9.17) is 0 Å². The van der Waals surface area contributed by atoms with Gasteiger partial charge in [-0.25, -0.2) is 9.37 Å². The third-order valence-electron chi connectivity index (χ3n) is 5.47. The summed E-state index contributed by atoms with van der Waals surface area (Å²) in [5.41, 5.74) is 2.62. The summed E-state index contributed by atoms with van der Waals surface area (Å²) in [5, 5.41) is 3.03. The van der Waals surface area contributed by atoms with Crippen molar-refractivity contribution in [1.29, 1.82) is 0 Å². The van der Waals surface area contributed by atoms with Crippen molar-refractivity contribution in [2.45, 2.75) is 25.4 Å². The molecule has 6 nitrogen and oxygen atoms in total. The predicted octanol–water partition coefficient (Wildman–Crippen LogP) is 3.73. The minimum atomic E-state index is -0.548. The van der Waals surface area contributed by atoms with E-state index >= 15 is 0 Å². The number of carbonyl (C=O) groups excluding carboxylic acids is 2. The lowest BCUT2D eigenvalue weighted by Crippen LogP contribution is -2.37. The zero-order valence-corrected chi connectivity index (χ0v) is 17.3. The Bertz CT molecular complexity index is 1140. The van der Waals surface area contributed by atoms with E-state index in [2.05, 4.69) is 10.3 Å². The fourth-order valence-corrected chi connectivity index (χ4v) is 3.92. The number of aryl methyl sites for hydroxylation is 1. The maximum Gasteiger partial charge on any atom is 0.223 e. The highest BCUT2D eigenvalue weighted by molar-refractivity contribution is 5.82. The van der Waals surface area contributed by atoms with E-state index in [1.807, 2.05) is 42.0 Å². The van der Waals surface area contributed by atoms with Gasteiger partial charge < -0.3 is 14.8 Å². The monoisotopic (exact) mass is 418 g/mol. The maximum atomic E-state index is 13.5. The Morgan fingerprint density at radius 1 is 1.16 bits per heavy atom. The normalized spacial score (nSPS) is 16.0. The van der Waals surface area contributed by atoms with Crippen LogP contribution in [0.2, 0.25) is 0 Å². The summed E-state index contributed by atoms with van der Waals surface area (Å²) in [6.45, 7) is 1.48. The Morgan fingerprint density at radius 3 is 2.58 bits per heavy atom. The van der Waals surface area contributed by atoms with E-state index in [1.165, 1.54) is 19.1 Å². The van der Waals surface area contributed by atoms with Gasteiger partial charge in [-0.1, -0.05) is 36.4 Å². The van der Waals surface area contributed by atoms with Crippen LogP contribution in [0.3, 0.4) is 0 Å². The van der Waals surface area contributed by atoms with Crippen LogP contribution in [0.25, 0.3) is 6.08 Å². The van der Waals surface area contributed by atoms with Gasteiger partial charge in [-0.15, -0.1) is 0 Å². The van der Waals surface area contributed by atoms with Crippen LogP contribution in [-0.2, 0) is 16.6 Å². The number of amides is 2. The van der Waals surface area contributed by atoms with Crippen LogP contribution >= 0.6 is 0 Å². The van der Waals surface area contributed by atoms with Gasteiger partial charge in [-0.05, 0) is 34.9 Å². The Morgan fingerprint density at radius 2 is 1.90 bits per heavy atom. The van der Waals surface area contributed by atoms with Crippen molar-refractivity contribution in [3.63, 3.8) is 0 Å². The fraction of sp³-hybridized carbons (Fsp3) is 0.208. The molecular weight excluding hydrogens is 395 g/mol. The van der Waals surface area contributed by atoms with E-state index in [-0.39, 0.29) is 24.1 Å². The minimum Gasteiger partial charge on any atom is -0.342 e. The lowest BCUT2D eigenvalue weighted by atomic mass is 9.93. The third kappa shape index (κ3) is 4.26. The highest BCUT2D eigenvalue weighted by atomic mass is 19.1. The second kappa shape index (κ2) is 8.55. The molecule has 158 valence electrons. The molecule has 1 aliphatic heterocycles. The highest BCUT2D eigenvalue weighted by Crippen LogP contribution is 2.33. The third-order valence-corrected chi connectivity index (χ3v) is 5.47. The Kier molecular flexibility index (Phi) is 5.66. The number of benzene rings is 2. The SMILES string of the molecule is CC(=O)N1C=Cc2ccccc2C1CC(=O)NC(c1ccc(F)cc1)c1nccn1C. The van der Waals surface area contributed by atoms with E-state index < -0.39 is 12.1 Å². The molecule has 0 fully saturated rings. The van der Waals surface area contributed by atoms with Gasteiger partial charge in [0.05, 0.1) is 12.5 Å². The van der Waals surface area contributed by atoms with Gasteiger partial charge in [-0.3, -0.25) is 9.59 Å². The molecule has 0 bridgehead atoms. The molecule has 0 saturated carbocycles. The molecule has 3 aromatic rings. The Labute approximate surface area is 180 Å². The van der Waals surface area contributed by atoms with Crippen LogP contribution in [0.1, 0.15) is 47.9 Å². The molecule has 2 amide bonds. The average molecular weight is 418 g/mol. The van der Waals surface area contributed by atoms with Crippen LogP contribution < -0.4 is 5.32 Å². The van der Waals surface area contributed by atoms with Crippen molar-refractivity contribution < 1.29 is 14.0 Å². The second-order valence-electron chi connectivity index (χ2n) is 7.54. The first-order chi connectivity index (χ1) is 14.9. The summed E-state index contributed by atoms with van der Waals surface area (Å²) >= 11 is 0. The Hall–Kier alpha value is -3.74. The van der Waals surface area contributed by atoms with E-state index in [0.29, 0.717) is 5.82 Å². The molecule has 0 saturated heterocycles. The molecule has 1 N–H and O–H groups in total. The molecule has 1 aromatic heterocycles. The number of imidazole rings is 1. The number of hydrogen-bond donors (Lipinski definition) is 1. The molecule has 0 spiro atoms.